The Morgan fingerprint density at radius 2 is 2.18 bits per heavy atom. The van der Waals surface area contributed by atoms with Gasteiger partial charge in [0.15, 0.2) is 0 Å². The topological polar surface area (TPSA) is 50.4 Å². The Hall–Kier alpha value is -1.39. The van der Waals surface area contributed by atoms with Crippen molar-refractivity contribution < 1.29 is 9.53 Å². The highest BCUT2D eigenvalue weighted by atomic mass is 16.5. The van der Waals surface area contributed by atoms with Gasteiger partial charge in [0.25, 0.3) is 0 Å². The third kappa shape index (κ3) is 5.78. The highest BCUT2D eigenvalue weighted by Gasteiger charge is 2.15. The Morgan fingerprint density at radius 3 is 2.91 bits per heavy atom. The van der Waals surface area contributed by atoms with Gasteiger partial charge in [0, 0.05) is 19.6 Å². The van der Waals surface area contributed by atoms with Crippen molar-refractivity contribution >= 4 is 5.91 Å². The molecule has 1 aromatic carbocycles. The van der Waals surface area contributed by atoms with Gasteiger partial charge < -0.3 is 15.4 Å². The number of carbonyl (C=O) groups excluding carboxylic acids is 1. The second-order valence-electron chi connectivity index (χ2n) is 6.00. The Kier molecular flexibility index (Phi) is 7.40. The van der Waals surface area contributed by atoms with E-state index in [1.54, 1.807) is 0 Å². The molecule has 1 unspecified atom stereocenters. The molecule has 1 heterocycles. The smallest absolute Gasteiger partial charge is 0.220 e. The first-order chi connectivity index (χ1) is 10.8. The maximum absolute atomic E-state index is 12.0. The van der Waals surface area contributed by atoms with Gasteiger partial charge in [-0.15, -0.1) is 0 Å². The van der Waals surface area contributed by atoms with Crippen LogP contribution in [0.25, 0.3) is 0 Å². The van der Waals surface area contributed by atoms with Crippen LogP contribution in [-0.2, 0) is 22.7 Å². The number of hydrogen-bond donors (Lipinski definition) is 2. The van der Waals surface area contributed by atoms with Crippen LogP contribution in [0.1, 0.15) is 43.7 Å². The highest BCUT2D eigenvalue weighted by molar-refractivity contribution is 5.75. The number of hydrogen-bond acceptors (Lipinski definition) is 3. The van der Waals surface area contributed by atoms with Gasteiger partial charge in [-0.05, 0) is 49.4 Å². The summed E-state index contributed by atoms with van der Waals surface area (Å²) in [6.45, 7) is 6.24. The highest BCUT2D eigenvalue weighted by Crippen LogP contribution is 2.14. The van der Waals surface area contributed by atoms with Crippen molar-refractivity contribution in [2.45, 2.75) is 45.8 Å². The van der Waals surface area contributed by atoms with Crippen molar-refractivity contribution in [2.75, 3.05) is 19.7 Å². The van der Waals surface area contributed by atoms with E-state index in [-0.39, 0.29) is 5.91 Å². The third-order valence-corrected chi connectivity index (χ3v) is 4.14. The van der Waals surface area contributed by atoms with Crippen LogP contribution < -0.4 is 10.6 Å². The van der Waals surface area contributed by atoms with Crippen molar-refractivity contribution in [1.29, 1.82) is 0 Å². The third-order valence-electron chi connectivity index (χ3n) is 4.14. The molecular weight excluding hydrogens is 276 g/mol. The second kappa shape index (κ2) is 9.59. The summed E-state index contributed by atoms with van der Waals surface area (Å²) >= 11 is 0. The lowest BCUT2D eigenvalue weighted by molar-refractivity contribution is -0.121. The molecule has 1 amide bonds. The molecule has 1 aliphatic heterocycles. The molecule has 122 valence electrons. The maximum atomic E-state index is 12.0. The Morgan fingerprint density at radius 1 is 1.36 bits per heavy atom. The number of benzene rings is 1. The van der Waals surface area contributed by atoms with Crippen LogP contribution >= 0.6 is 0 Å². The van der Waals surface area contributed by atoms with Gasteiger partial charge in [0.1, 0.15) is 0 Å². The molecule has 1 fully saturated rings. The van der Waals surface area contributed by atoms with E-state index in [0.717, 1.165) is 43.7 Å². The van der Waals surface area contributed by atoms with E-state index in [0.29, 0.717) is 25.5 Å². The molecule has 0 aliphatic carbocycles. The Balaban J connectivity index is 1.73. The number of amides is 1. The van der Waals surface area contributed by atoms with Crippen molar-refractivity contribution in [3.05, 3.63) is 35.4 Å². The molecule has 2 N–H and O–H groups in total. The normalized spacial score (nSPS) is 17.6. The summed E-state index contributed by atoms with van der Waals surface area (Å²) in [5, 5.41) is 6.38. The monoisotopic (exact) mass is 304 g/mol. The second-order valence-corrected chi connectivity index (χ2v) is 6.00. The lowest BCUT2D eigenvalue weighted by atomic mass is 10.0. The first kappa shape index (κ1) is 17.0. The van der Waals surface area contributed by atoms with Crippen LogP contribution in [0.3, 0.4) is 0 Å². The van der Waals surface area contributed by atoms with E-state index in [1.165, 1.54) is 6.42 Å². The summed E-state index contributed by atoms with van der Waals surface area (Å²) in [6, 6.07) is 8.16. The first-order valence-corrected chi connectivity index (χ1v) is 8.41. The van der Waals surface area contributed by atoms with Crippen molar-refractivity contribution in [3.63, 3.8) is 0 Å². The molecule has 0 bridgehead atoms. The van der Waals surface area contributed by atoms with Crippen LogP contribution in [-0.4, -0.2) is 25.6 Å². The molecular formula is C18H28N2O2. The van der Waals surface area contributed by atoms with Crippen LogP contribution in [0.2, 0.25) is 0 Å². The van der Waals surface area contributed by atoms with Crippen LogP contribution in [0.5, 0.6) is 0 Å². The number of ether oxygens (including phenoxy) is 1. The Bertz CT molecular complexity index is 456. The zero-order valence-electron chi connectivity index (χ0n) is 13.6. The van der Waals surface area contributed by atoms with Gasteiger partial charge in [-0.3, -0.25) is 4.79 Å². The average molecular weight is 304 g/mol. The van der Waals surface area contributed by atoms with Gasteiger partial charge in [0.2, 0.25) is 5.91 Å². The van der Waals surface area contributed by atoms with E-state index < -0.39 is 0 Å². The lowest BCUT2D eigenvalue weighted by Crippen LogP contribution is -2.24. The van der Waals surface area contributed by atoms with Crippen molar-refractivity contribution in [3.8, 4) is 0 Å². The average Bonchev–Trinajstić information content (AvgIpc) is 3.05. The molecule has 1 aliphatic rings. The summed E-state index contributed by atoms with van der Waals surface area (Å²) in [6.07, 6.45) is 3.83. The molecule has 4 nitrogen and oxygen atoms in total. The van der Waals surface area contributed by atoms with E-state index in [2.05, 4.69) is 29.7 Å². The standard InChI is InChI=1S/C18H28N2O2/c1-2-11-22-14-17-6-4-3-5-16(17)13-20-18(21)8-7-15-9-10-19-12-15/h3-6,15,19H,2,7-14H2,1H3,(H,20,21). The van der Waals surface area contributed by atoms with Crippen molar-refractivity contribution in [1.82, 2.24) is 10.6 Å². The fraction of sp³-hybridized carbons (Fsp3) is 0.611. The van der Waals surface area contributed by atoms with Gasteiger partial charge >= 0.3 is 0 Å². The van der Waals surface area contributed by atoms with Gasteiger partial charge in [0.05, 0.1) is 6.61 Å². The van der Waals surface area contributed by atoms with E-state index in [1.807, 2.05) is 12.1 Å². The van der Waals surface area contributed by atoms with E-state index >= 15 is 0 Å². The Labute approximate surface area is 133 Å². The predicted octanol–water partition coefficient (Wildman–Crippen LogP) is 2.62. The summed E-state index contributed by atoms with van der Waals surface area (Å²) < 4.78 is 5.61. The quantitative estimate of drug-likeness (QED) is 0.690. The zero-order chi connectivity index (χ0) is 15.6. The molecule has 22 heavy (non-hydrogen) atoms. The molecule has 1 aromatic rings. The van der Waals surface area contributed by atoms with Gasteiger partial charge in [-0.25, -0.2) is 0 Å². The molecule has 0 spiro atoms. The number of rotatable bonds is 9. The van der Waals surface area contributed by atoms with Crippen molar-refractivity contribution in [2.24, 2.45) is 5.92 Å². The van der Waals surface area contributed by atoms with E-state index in [4.69, 9.17) is 4.74 Å². The molecule has 0 aromatic heterocycles. The minimum absolute atomic E-state index is 0.149. The molecule has 2 rings (SSSR count). The minimum atomic E-state index is 0.149. The minimum Gasteiger partial charge on any atom is -0.377 e. The SMILES string of the molecule is CCCOCc1ccccc1CNC(=O)CCC1CCNC1. The summed E-state index contributed by atoms with van der Waals surface area (Å²) in [5.74, 6) is 0.816. The number of nitrogens with one attached hydrogen (secondary N) is 2. The largest absolute Gasteiger partial charge is 0.377 e. The predicted molar refractivity (Wildman–Crippen MR) is 88.4 cm³/mol. The van der Waals surface area contributed by atoms with Gasteiger partial charge in [-0.1, -0.05) is 31.2 Å². The fourth-order valence-electron chi connectivity index (χ4n) is 2.78. The van der Waals surface area contributed by atoms with Crippen LogP contribution in [0.4, 0.5) is 0 Å². The zero-order valence-corrected chi connectivity index (χ0v) is 13.6. The molecule has 1 atom stereocenters. The number of carbonyl (C=O) groups is 1. The van der Waals surface area contributed by atoms with Crippen LogP contribution in [0, 0.1) is 5.92 Å². The summed E-state index contributed by atoms with van der Waals surface area (Å²) in [5.41, 5.74) is 2.31. The fourth-order valence-corrected chi connectivity index (χ4v) is 2.78. The molecule has 0 radical (unpaired) electrons. The molecule has 4 heteroatoms. The molecule has 0 saturated carbocycles. The van der Waals surface area contributed by atoms with E-state index in [9.17, 15) is 4.79 Å². The van der Waals surface area contributed by atoms with Crippen LogP contribution in [0.15, 0.2) is 24.3 Å². The summed E-state index contributed by atoms with van der Waals surface area (Å²) in [4.78, 5) is 12.0. The van der Waals surface area contributed by atoms with Gasteiger partial charge in [-0.2, -0.15) is 0 Å². The maximum Gasteiger partial charge on any atom is 0.220 e. The molecule has 1 saturated heterocycles. The summed E-state index contributed by atoms with van der Waals surface area (Å²) in [7, 11) is 0. The lowest BCUT2D eigenvalue weighted by Gasteiger charge is -2.12. The first-order valence-electron chi connectivity index (χ1n) is 8.41.